The summed E-state index contributed by atoms with van der Waals surface area (Å²) in [7, 11) is 0. The summed E-state index contributed by atoms with van der Waals surface area (Å²) in [5, 5.41) is 24.6. The van der Waals surface area contributed by atoms with E-state index < -0.39 is 60.2 Å². The fourth-order valence-electron chi connectivity index (χ4n) is 2.25. The summed E-state index contributed by atoms with van der Waals surface area (Å²) in [6.45, 7) is 1.32. The van der Waals surface area contributed by atoms with Crippen molar-refractivity contribution in [1.82, 2.24) is 25.9 Å². The Labute approximate surface area is 176 Å². The molecule has 0 bridgehead atoms. The van der Waals surface area contributed by atoms with E-state index >= 15 is 0 Å². The van der Waals surface area contributed by atoms with Gasteiger partial charge in [0.15, 0.2) is 0 Å². The third kappa shape index (κ3) is 8.08. The number of thiol groups is 1. The van der Waals surface area contributed by atoms with Gasteiger partial charge in [-0.1, -0.05) is 0 Å². The highest BCUT2D eigenvalue weighted by molar-refractivity contribution is 7.80. The Morgan fingerprint density at radius 1 is 1.10 bits per heavy atom. The van der Waals surface area contributed by atoms with Gasteiger partial charge in [-0.05, 0) is 6.92 Å². The molecular formula is C16H24N6O7S. The minimum absolute atomic E-state index is 0.143. The number of amides is 3. The Bertz CT molecular complexity index is 772. The van der Waals surface area contributed by atoms with Gasteiger partial charge in [0.1, 0.15) is 18.1 Å². The van der Waals surface area contributed by atoms with Crippen molar-refractivity contribution in [3.8, 4) is 0 Å². The number of H-pyrrole nitrogens is 1. The fraction of sp³-hybridized carbons (Fsp3) is 0.500. The first-order chi connectivity index (χ1) is 14.0. The van der Waals surface area contributed by atoms with E-state index in [2.05, 4.69) is 38.5 Å². The van der Waals surface area contributed by atoms with E-state index in [9.17, 15) is 24.0 Å². The minimum atomic E-state index is -1.56. The van der Waals surface area contributed by atoms with Crippen LogP contribution in [0.5, 0.6) is 0 Å². The monoisotopic (exact) mass is 444 g/mol. The van der Waals surface area contributed by atoms with E-state index in [1.807, 2.05) is 0 Å². The molecule has 0 radical (unpaired) electrons. The number of carbonyl (C=O) groups excluding carboxylic acids is 3. The summed E-state index contributed by atoms with van der Waals surface area (Å²) < 4.78 is 0. The van der Waals surface area contributed by atoms with Crippen LogP contribution in [0.3, 0.4) is 0 Å². The van der Waals surface area contributed by atoms with Gasteiger partial charge in [0.05, 0.1) is 18.8 Å². The summed E-state index contributed by atoms with van der Waals surface area (Å²) in [5.41, 5.74) is 6.39. The number of nitrogens with two attached hydrogens (primary N) is 1. The van der Waals surface area contributed by atoms with Gasteiger partial charge in [0.2, 0.25) is 17.7 Å². The maximum absolute atomic E-state index is 12.3. The third-order valence-electron chi connectivity index (χ3n) is 3.89. The van der Waals surface area contributed by atoms with Crippen molar-refractivity contribution < 1.29 is 34.2 Å². The molecule has 0 saturated carbocycles. The van der Waals surface area contributed by atoms with Gasteiger partial charge >= 0.3 is 11.9 Å². The lowest BCUT2D eigenvalue weighted by Crippen LogP contribution is -2.57. The van der Waals surface area contributed by atoms with Gasteiger partial charge in [-0.2, -0.15) is 12.6 Å². The summed E-state index contributed by atoms with van der Waals surface area (Å²) in [6, 6.07) is -5.05. The molecule has 0 spiro atoms. The van der Waals surface area contributed by atoms with E-state index in [0.717, 1.165) is 0 Å². The van der Waals surface area contributed by atoms with Crippen molar-refractivity contribution in [2.45, 2.75) is 43.9 Å². The van der Waals surface area contributed by atoms with E-state index in [4.69, 9.17) is 15.9 Å². The van der Waals surface area contributed by atoms with E-state index in [0.29, 0.717) is 5.69 Å². The molecule has 0 saturated heterocycles. The van der Waals surface area contributed by atoms with Gasteiger partial charge in [-0.25, -0.2) is 9.78 Å². The standard InChI is InChI=1S/C16H24N6O7S/c1-7(20-14(26)9(17)2-8-4-18-6-19-8)13(25)21-10(3-12(23)24)15(27)22-11(5-30)16(28)29/h4,6-7,9-11,30H,2-3,5,17H2,1H3,(H,18,19)(H,20,26)(H,21,25)(H,22,27)(H,23,24)(H,28,29). The quantitative estimate of drug-likeness (QED) is 0.156. The Morgan fingerprint density at radius 3 is 2.23 bits per heavy atom. The van der Waals surface area contributed by atoms with Crippen LogP contribution >= 0.6 is 12.6 Å². The number of nitrogens with one attached hydrogen (secondary N) is 4. The second-order valence-electron chi connectivity index (χ2n) is 6.36. The molecule has 8 N–H and O–H groups in total. The van der Waals surface area contributed by atoms with Crippen LogP contribution in [0.25, 0.3) is 0 Å². The Morgan fingerprint density at radius 2 is 1.73 bits per heavy atom. The predicted octanol–water partition coefficient (Wildman–Crippen LogP) is -2.76. The fourth-order valence-corrected chi connectivity index (χ4v) is 2.50. The lowest BCUT2D eigenvalue weighted by Gasteiger charge is -2.22. The molecule has 1 aromatic rings. The zero-order valence-corrected chi connectivity index (χ0v) is 16.9. The first kappa shape index (κ1) is 24.9. The van der Waals surface area contributed by atoms with Crippen molar-refractivity contribution in [2.24, 2.45) is 5.73 Å². The van der Waals surface area contributed by atoms with Crippen molar-refractivity contribution >= 4 is 42.3 Å². The molecule has 1 rings (SSSR count). The average Bonchev–Trinajstić information content (AvgIpc) is 3.17. The molecule has 3 amide bonds. The zero-order valence-electron chi connectivity index (χ0n) is 16.0. The highest BCUT2D eigenvalue weighted by atomic mass is 32.1. The van der Waals surface area contributed by atoms with Crippen LogP contribution < -0.4 is 21.7 Å². The van der Waals surface area contributed by atoms with Crippen molar-refractivity contribution in [3.63, 3.8) is 0 Å². The third-order valence-corrected chi connectivity index (χ3v) is 4.26. The van der Waals surface area contributed by atoms with Gasteiger partial charge in [0.25, 0.3) is 0 Å². The number of hydrogen-bond donors (Lipinski definition) is 8. The highest BCUT2D eigenvalue weighted by Gasteiger charge is 2.29. The topological polar surface area (TPSA) is 217 Å². The molecule has 0 fully saturated rings. The Balaban J connectivity index is 2.70. The molecule has 0 aliphatic rings. The number of carboxylic acids is 2. The second kappa shape index (κ2) is 11.8. The summed E-state index contributed by atoms with van der Waals surface area (Å²) >= 11 is 3.79. The van der Waals surface area contributed by atoms with Crippen LogP contribution in [0.4, 0.5) is 0 Å². The molecular weight excluding hydrogens is 420 g/mol. The number of carbonyl (C=O) groups is 5. The van der Waals surface area contributed by atoms with Crippen molar-refractivity contribution in [3.05, 3.63) is 18.2 Å². The molecule has 166 valence electrons. The molecule has 1 heterocycles. The minimum Gasteiger partial charge on any atom is -0.481 e. The maximum Gasteiger partial charge on any atom is 0.327 e. The Kier molecular flexibility index (Phi) is 9.77. The van der Waals surface area contributed by atoms with E-state index in [-0.39, 0.29) is 12.2 Å². The zero-order chi connectivity index (χ0) is 22.8. The highest BCUT2D eigenvalue weighted by Crippen LogP contribution is 2.00. The van der Waals surface area contributed by atoms with Crippen LogP contribution in [0, 0.1) is 0 Å². The molecule has 0 aromatic carbocycles. The SMILES string of the molecule is CC(NC(=O)C(N)Cc1cnc[nH]1)C(=O)NC(CC(=O)O)C(=O)NC(CS)C(=O)O. The number of aromatic amines is 1. The number of carboxylic acid groups (broad SMARTS) is 2. The van der Waals surface area contributed by atoms with Gasteiger partial charge < -0.3 is 36.9 Å². The smallest absolute Gasteiger partial charge is 0.327 e. The van der Waals surface area contributed by atoms with Gasteiger partial charge in [0, 0.05) is 24.1 Å². The maximum atomic E-state index is 12.3. The van der Waals surface area contributed by atoms with E-state index in [1.54, 1.807) is 0 Å². The average molecular weight is 444 g/mol. The number of aromatic nitrogens is 2. The van der Waals surface area contributed by atoms with Crippen molar-refractivity contribution in [2.75, 3.05) is 5.75 Å². The van der Waals surface area contributed by atoms with Crippen LogP contribution in [-0.2, 0) is 30.4 Å². The Hall–Kier alpha value is -3.13. The molecule has 0 aliphatic carbocycles. The van der Waals surface area contributed by atoms with Crippen LogP contribution in [0.2, 0.25) is 0 Å². The molecule has 0 aliphatic heterocycles. The summed E-state index contributed by atoms with van der Waals surface area (Å²) in [5.74, 6) is -5.52. The molecule has 4 unspecified atom stereocenters. The number of rotatable bonds is 12. The predicted molar refractivity (Wildman–Crippen MR) is 105 cm³/mol. The van der Waals surface area contributed by atoms with Gasteiger partial charge in [-0.3, -0.25) is 19.2 Å². The molecule has 30 heavy (non-hydrogen) atoms. The second-order valence-corrected chi connectivity index (χ2v) is 6.72. The van der Waals surface area contributed by atoms with Crippen LogP contribution in [0.1, 0.15) is 19.0 Å². The van der Waals surface area contributed by atoms with Gasteiger partial charge in [-0.15, -0.1) is 0 Å². The van der Waals surface area contributed by atoms with Crippen molar-refractivity contribution in [1.29, 1.82) is 0 Å². The number of hydrogen-bond acceptors (Lipinski definition) is 8. The summed E-state index contributed by atoms with van der Waals surface area (Å²) in [4.78, 5) is 65.3. The normalized spacial score (nSPS) is 14.6. The molecule has 13 nitrogen and oxygen atoms in total. The largest absolute Gasteiger partial charge is 0.481 e. The number of imidazole rings is 1. The first-order valence-electron chi connectivity index (χ1n) is 8.74. The molecule has 14 heteroatoms. The summed E-state index contributed by atoms with van der Waals surface area (Å²) in [6.07, 6.45) is 2.26. The lowest BCUT2D eigenvalue weighted by molar-refractivity contribution is -0.143. The van der Waals surface area contributed by atoms with E-state index in [1.165, 1.54) is 19.4 Å². The lowest BCUT2D eigenvalue weighted by atomic mass is 10.1. The first-order valence-corrected chi connectivity index (χ1v) is 9.37. The van der Waals surface area contributed by atoms with Crippen LogP contribution in [0.15, 0.2) is 12.5 Å². The number of nitrogens with zero attached hydrogens (tertiary/aromatic N) is 1. The van der Waals surface area contributed by atoms with Crippen LogP contribution in [-0.4, -0.2) is 79.8 Å². The molecule has 1 aromatic heterocycles. The molecule has 4 atom stereocenters. The number of aliphatic carboxylic acids is 2.